The number of hydrogen-bond acceptors (Lipinski definition) is 6. The number of carbonyl (C=O) groups is 1. The lowest BCUT2D eigenvalue weighted by molar-refractivity contribution is 0.102. The van der Waals surface area contributed by atoms with E-state index >= 15 is 0 Å². The Morgan fingerprint density at radius 3 is 2.85 bits per heavy atom. The van der Waals surface area contributed by atoms with Crippen LogP contribution >= 0.6 is 0 Å². The predicted octanol–water partition coefficient (Wildman–Crippen LogP) is 2.34. The van der Waals surface area contributed by atoms with Crippen molar-refractivity contribution in [2.24, 2.45) is 0 Å². The summed E-state index contributed by atoms with van der Waals surface area (Å²) < 4.78 is 49.6. The fraction of sp³-hybridized carbons (Fsp3) is 0.176. The van der Waals surface area contributed by atoms with Crippen molar-refractivity contribution in [1.29, 1.82) is 0 Å². The second-order valence-electron chi connectivity index (χ2n) is 5.86. The molecular weight excluding hydrogens is 377 g/mol. The van der Waals surface area contributed by atoms with E-state index < -0.39 is 27.7 Å². The lowest BCUT2D eigenvalue weighted by atomic mass is 10.1. The highest BCUT2D eigenvalue weighted by molar-refractivity contribution is 7.92. The number of benzene rings is 2. The number of ether oxygens (including phenoxy) is 1. The minimum absolute atomic E-state index is 0.0883. The average Bonchev–Trinajstić information content (AvgIpc) is 3.09. The standard InChI is InChI=1S/C17H14FN3O5S/c18-14-8-12(21-5-6-25-10-27(21,23)24)2-3-13(14)17(22)20-11-1-4-16-15(7-11)19-9-26-16/h1-4,7-9H,5-6,10H2,(H,20,22). The summed E-state index contributed by atoms with van der Waals surface area (Å²) in [4.78, 5) is 16.4. The van der Waals surface area contributed by atoms with Gasteiger partial charge in [-0.2, -0.15) is 0 Å². The highest BCUT2D eigenvalue weighted by Gasteiger charge is 2.27. The molecule has 0 aliphatic carbocycles. The molecule has 4 rings (SSSR count). The molecule has 3 aromatic rings. The van der Waals surface area contributed by atoms with Crippen LogP contribution in [0.3, 0.4) is 0 Å². The van der Waals surface area contributed by atoms with E-state index in [1.807, 2.05) is 0 Å². The number of sulfonamides is 1. The molecule has 2 aromatic carbocycles. The SMILES string of the molecule is O=C(Nc1ccc2ocnc2c1)c1ccc(N2CCOCS2(=O)=O)cc1F. The van der Waals surface area contributed by atoms with E-state index in [0.717, 1.165) is 10.4 Å². The van der Waals surface area contributed by atoms with Gasteiger partial charge in [0, 0.05) is 5.69 Å². The van der Waals surface area contributed by atoms with Crippen molar-refractivity contribution in [3.8, 4) is 0 Å². The van der Waals surface area contributed by atoms with Crippen LogP contribution in [0.15, 0.2) is 47.2 Å². The summed E-state index contributed by atoms with van der Waals surface area (Å²) >= 11 is 0. The van der Waals surface area contributed by atoms with Crippen LogP contribution in [0.2, 0.25) is 0 Å². The monoisotopic (exact) mass is 391 g/mol. The van der Waals surface area contributed by atoms with Gasteiger partial charge in [0.1, 0.15) is 11.3 Å². The van der Waals surface area contributed by atoms with Crippen molar-refractivity contribution in [1.82, 2.24) is 4.98 Å². The molecule has 0 bridgehead atoms. The molecule has 1 N–H and O–H groups in total. The van der Waals surface area contributed by atoms with Gasteiger partial charge in [0.2, 0.25) is 0 Å². The number of oxazole rings is 1. The van der Waals surface area contributed by atoms with Gasteiger partial charge in [0.25, 0.3) is 15.9 Å². The maximum absolute atomic E-state index is 14.5. The molecule has 10 heteroatoms. The summed E-state index contributed by atoms with van der Waals surface area (Å²) in [6.07, 6.45) is 1.29. The van der Waals surface area contributed by atoms with Gasteiger partial charge in [-0.05, 0) is 36.4 Å². The molecule has 1 fully saturated rings. The molecule has 0 spiro atoms. The number of anilines is 2. The van der Waals surface area contributed by atoms with Crippen LogP contribution in [0, 0.1) is 5.82 Å². The van der Waals surface area contributed by atoms with E-state index in [-0.39, 0.29) is 24.4 Å². The Hall–Kier alpha value is -2.98. The van der Waals surface area contributed by atoms with E-state index in [2.05, 4.69) is 10.3 Å². The predicted molar refractivity (Wildman–Crippen MR) is 95.4 cm³/mol. The van der Waals surface area contributed by atoms with Crippen molar-refractivity contribution in [2.75, 3.05) is 28.7 Å². The number of rotatable bonds is 3. The Morgan fingerprint density at radius 2 is 2.07 bits per heavy atom. The van der Waals surface area contributed by atoms with Gasteiger partial charge in [-0.3, -0.25) is 9.10 Å². The lowest BCUT2D eigenvalue weighted by Gasteiger charge is -2.28. The Bertz CT molecular complexity index is 1130. The first kappa shape index (κ1) is 17.4. The minimum atomic E-state index is -3.66. The van der Waals surface area contributed by atoms with Crippen molar-refractivity contribution in [3.63, 3.8) is 0 Å². The fourth-order valence-corrected chi connectivity index (χ4v) is 4.02. The van der Waals surface area contributed by atoms with Gasteiger partial charge in [-0.15, -0.1) is 0 Å². The van der Waals surface area contributed by atoms with Gasteiger partial charge >= 0.3 is 0 Å². The van der Waals surface area contributed by atoms with Gasteiger partial charge in [0.15, 0.2) is 17.9 Å². The van der Waals surface area contributed by atoms with Gasteiger partial charge < -0.3 is 14.5 Å². The van der Waals surface area contributed by atoms with E-state index in [4.69, 9.17) is 9.15 Å². The Morgan fingerprint density at radius 1 is 1.22 bits per heavy atom. The number of halogens is 1. The second-order valence-corrected chi connectivity index (χ2v) is 7.70. The number of carbonyl (C=O) groups excluding carboxylic acids is 1. The van der Waals surface area contributed by atoms with E-state index in [1.54, 1.807) is 18.2 Å². The molecule has 1 amide bonds. The van der Waals surface area contributed by atoms with E-state index in [9.17, 15) is 17.6 Å². The molecule has 0 unspecified atom stereocenters. The van der Waals surface area contributed by atoms with E-state index in [1.165, 1.54) is 18.5 Å². The Balaban J connectivity index is 1.57. The van der Waals surface area contributed by atoms with Crippen LogP contribution in [-0.4, -0.2) is 38.4 Å². The first-order chi connectivity index (χ1) is 12.9. The second kappa shape index (κ2) is 6.63. The van der Waals surface area contributed by atoms with Crippen molar-refractivity contribution in [2.45, 2.75) is 0 Å². The number of amides is 1. The van der Waals surface area contributed by atoms with Crippen molar-refractivity contribution < 1.29 is 26.8 Å². The zero-order valence-corrected chi connectivity index (χ0v) is 14.7. The summed E-state index contributed by atoms with van der Waals surface area (Å²) in [5.74, 6) is -1.94. The van der Waals surface area contributed by atoms with Crippen LogP contribution in [0.25, 0.3) is 11.1 Å². The number of fused-ring (bicyclic) bond motifs is 1. The summed E-state index contributed by atoms with van der Waals surface area (Å²) in [5, 5.41) is 2.58. The molecule has 0 radical (unpaired) electrons. The molecule has 0 atom stereocenters. The third kappa shape index (κ3) is 3.36. The number of hydrogen-bond donors (Lipinski definition) is 1. The van der Waals surface area contributed by atoms with Crippen LogP contribution in [-0.2, 0) is 14.8 Å². The molecule has 8 nitrogen and oxygen atoms in total. The van der Waals surface area contributed by atoms with Gasteiger partial charge in [-0.1, -0.05) is 0 Å². The largest absolute Gasteiger partial charge is 0.443 e. The summed E-state index contributed by atoms with van der Waals surface area (Å²) in [7, 11) is -3.66. The molecule has 1 saturated heterocycles. The first-order valence-electron chi connectivity index (χ1n) is 7.96. The lowest BCUT2D eigenvalue weighted by Crippen LogP contribution is -2.41. The number of aromatic nitrogens is 1. The normalized spacial score (nSPS) is 16.4. The zero-order chi connectivity index (χ0) is 19.0. The van der Waals surface area contributed by atoms with Crippen LogP contribution in [0.4, 0.5) is 15.8 Å². The minimum Gasteiger partial charge on any atom is -0.443 e. The van der Waals surface area contributed by atoms with Crippen LogP contribution in [0.5, 0.6) is 0 Å². The summed E-state index contributed by atoms with van der Waals surface area (Å²) in [6, 6.07) is 8.52. The zero-order valence-electron chi connectivity index (χ0n) is 13.9. The topological polar surface area (TPSA) is 102 Å². The molecular formula is C17H14FN3O5S. The van der Waals surface area contributed by atoms with Crippen LogP contribution < -0.4 is 9.62 Å². The average molecular weight is 391 g/mol. The van der Waals surface area contributed by atoms with Gasteiger partial charge in [0.05, 0.1) is 24.4 Å². The van der Waals surface area contributed by atoms with E-state index in [0.29, 0.717) is 16.8 Å². The van der Waals surface area contributed by atoms with Crippen LogP contribution in [0.1, 0.15) is 10.4 Å². The highest BCUT2D eigenvalue weighted by atomic mass is 32.2. The Kier molecular flexibility index (Phi) is 4.28. The maximum Gasteiger partial charge on any atom is 0.259 e. The molecule has 2 heterocycles. The molecule has 27 heavy (non-hydrogen) atoms. The highest BCUT2D eigenvalue weighted by Crippen LogP contribution is 2.24. The number of nitrogens with one attached hydrogen (secondary N) is 1. The third-order valence-electron chi connectivity index (χ3n) is 4.08. The van der Waals surface area contributed by atoms with Crippen molar-refractivity contribution >= 4 is 38.4 Å². The first-order valence-corrected chi connectivity index (χ1v) is 9.57. The molecule has 1 aliphatic rings. The quantitative estimate of drug-likeness (QED) is 0.735. The van der Waals surface area contributed by atoms with Crippen molar-refractivity contribution in [3.05, 3.63) is 54.2 Å². The molecule has 140 valence electrons. The summed E-state index contributed by atoms with van der Waals surface area (Å²) in [6.45, 7) is 0.304. The molecule has 1 aliphatic heterocycles. The third-order valence-corrected chi connectivity index (χ3v) is 5.61. The molecule has 0 saturated carbocycles. The summed E-state index contributed by atoms with van der Waals surface area (Å²) in [5.41, 5.74) is 1.50. The number of nitrogens with zero attached hydrogens (tertiary/aromatic N) is 2. The smallest absolute Gasteiger partial charge is 0.259 e. The molecule has 1 aromatic heterocycles. The fourth-order valence-electron chi connectivity index (χ4n) is 2.78. The Labute approximate surface area is 153 Å². The maximum atomic E-state index is 14.5. The van der Waals surface area contributed by atoms with Gasteiger partial charge in [-0.25, -0.2) is 17.8 Å².